The fourth-order valence-corrected chi connectivity index (χ4v) is 2.30. The Bertz CT molecular complexity index is 959. The average molecular weight is 328 g/mol. The highest BCUT2D eigenvalue weighted by molar-refractivity contribution is 5.94. The SMILES string of the molecule is Cc1ccc(CCNC(=O)c2ccc(-n3[nH]c(=O)[nH]c3=O)cc2)o1. The van der Waals surface area contributed by atoms with Gasteiger partial charge in [-0.15, -0.1) is 0 Å². The second-order valence-electron chi connectivity index (χ2n) is 5.27. The van der Waals surface area contributed by atoms with E-state index in [2.05, 4.69) is 15.4 Å². The van der Waals surface area contributed by atoms with Gasteiger partial charge in [0.15, 0.2) is 0 Å². The number of nitrogens with zero attached hydrogens (tertiary/aromatic N) is 1. The van der Waals surface area contributed by atoms with Crippen molar-refractivity contribution in [1.29, 1.82) is 0 Å². The first-order valence-electron chi connectivity index (χ1n) is 7.38. The molecule has 2 heterocycles. The number of nitrogens with one attached hydrogen (secondary N) is 3. The molecule has 0 aliphatic carbocycles. The zero-order valence-corrected chi connectivity index (χ0v) is 13.0. The highest BCUT2D eigenvalue weighted by atomic mass is 16.3. The monoisotopic (exact) mass is 328 g/mol. The van der Waals surface area contributed by atoms with Crippen LogP contribution in [0.1, 0.15) is 21.9 Å². The van der Waals surface area contributed by atoms with E-state index >= 15 is 0 Å². The zero-order valence-electron chi connectivity index (χ0n) is 13.0. The number of rotatable bonds is 5. The predicted octanol–water partition coefficient (Wildman–Crippen LogP) is 0.728. The number of benzene rings is 1. The first kappa shape index (κ1) is 15.6. The molecule has 24 heavy (non-hydrogen) atoms. The van der Waals surface area contributed by atoms with Crippen molar-refractivity contribution in [3.05, 3.63) is 74.5 Å². The van der Waals surface area contributed by atoms with Gasteiger partial charge in [0, 0.05) is 18.5 Å². The van der Waals surface area contributed by atoms with E-state index < -0.39 is 11.4 Å². The van der Waals surface area contributed by atoms with Gasteiger partial charge in [0.25, 0.3) is 5.91 Å². The Kier molecular flexibility index (Phi) is 4.19. The molecule has 3 rings (SSSR count). The molecule has 0 aliphatic rings. The third-order valence-electron chi connectivity index (χ3n) is 3.48. The number of H-pyrrole nitrogens is 2. The lowest BCUT2D eigenvalue weighted by Gasteiger charge is -2.05. The van der Waals surface area contributed by atoms with E-state index in [4.69, 9.17) is 4.42 Å². The fourth-order valence-electron chi connectivity index (χ4n) is 2.30. The Morgan fingerprint density at radius 2 is 1.92 bits per heavy atom. The zero-order chi connectivity index (χ0) is 17.1. The van der Waals surface area contributed by atoms with Crippen molar-refractivity contribution < 1.29 is 9.21 Å². The molecule has 0 aliphatic heterocycles. The number of amides is 1. The number of hydrogen-bond acceptors (Lipinski definition) is 4. The maximum atomic E-state index is 12.1. The summed E-state index contributed by atoms with van der Waals surface area (Å²) in [5.74, 6) is 1.43. The molecule has 8 heteroatoms. The number of hydrogen-bond donors (Lipinski definition) is 3. The molecule has 0 unspecified atom stereocenters. The van der Waals surface area contributed by atoms with Gasteiger partial charge < -0.3 is 9.73 Å². The Hall–Kier alpha value is -3.29. The molecule has 0 fully saturated rings. The van der Waals surface area contributed by atoms with Crippen LogP contribution in [0.25, 0.3) is 5.69 Å². The molecule has 0 atom stereocenters. The Labute approximate surface area is 136 Å². The largest absolute Gasteiger partial charge is 0.466 e. The molecule has 8 nitrogen and oxygen atoms in total. The molecule has 124 valence electrons. The molecule has 3 N–H and O–H groups in total. The summed E-state index contributed by atoms with van der Waals surface area (Å²) in [4.78, 5) is 36.8. The van der Waals surface area contributed by atoms with Gasteiger partial charge in [0.05, 0.1) is 5.69 Å². The van der Waals surface area contributed by atoms with E-state index in [0.29, 0.717) is 24.2 Å². The summed E-state index contributed by atoms with van der Waals surface area (Å²) in [7, 11) is 0. The van der Waals surface area contributed by atoms with Crippen LogP contribution in [0.4, 0.5) is 0 Å². The van der Waals surface area contributed by atoms with Crippen LogP contribution in [0.15, 0.2) is 50.4 Å². The highest BCUT2D eigenvalue weighted by Gasteiger charge is 2.08. The Morgan fingerprint density at radius 1 is 1.17 bits per heavy atom. The minimum atomic E-state index is -0.588. The van der Waals surface area contributed by atoms with Crippen molar-refractivity contribution >= 4 is 5.91 Å². The van der Waals surface area contributed by atoms with Crippen LogP contribution in [-0.4, -0.2) is 27.2 Å². The van der Waals surface area contributed by atoms with Crippen LogP contribution in [0, 0.1) is 6.92 Å². The smallest absolute Gasteiger partial charge is 0.349 e. The average Bonchev–Trinajstić information content (AvgIpc) is 3.12. The third-order valence-corrected chi connectivity index (χ3v) is 3.48. The van der Waals surface area contributed by atoms with Gasteiger partial charge in [-0.3, -0.25) is 9.78 Å². The van der Waals surface area contributed by atoms with Crippen molar-refractivity contribution in [3.63, 3.8) is 0 Å². The lowest BCUT2D eigenvalue weighted by molar-refractivity contribution is 0.0953. The highest BCUT2D eigenvalue weighted by Crippen LogP contribution is 2.08. The first-order valence-corrected chi connectivity index (χ1v) is 7.38. The fraction of sp³-hybridized carbons (Fsp3) is 0.188. The van der Waals surface area contributed by atoms with E-state index in [9.17, 15) is 14.4 Å². The Balaban J connectivity index is 1.62. The summed E-state index contributed by atoms with van der Waals surface area (Å²) in [6.07, 6.45) is 0.609. The lowest BCUT2D eigenvalue weighted by atomic mass is 10.2. The van der Waals surface area contributed by atoms with E-state index in [0.717, 1.165) is 16.2 Å². The van der Waals surface area contributed by atoms with Crippen molar-refractivity contribution in [2.24, 2.45) is 0 Å². The van der Waals surface area contributed by atoms with Gasteiger partial charge in [-0.05, 0) is 43.3 Å². The van der Waals surface area contributed by atoms with Gasteiger partial charge in [-0.1, -0.05) is 0 Å². The van der Waals surface area contributed by atoms with Crippen LogP contribution in [0.5, 0.6) is 0 Å². The maximum absolute atomic E-state index is 12.1. The van der Waals surface area contributed by atoms with Gasteiger partial charge in [0.1, 0.15) is 11.5 Å². The summed E-state index contributed by atoms with van der Waals surface area (Å²) in [6.45, 7) is 2.32. The van der Waals surface area contributed by atoms with Gasteiger partial charge >= 0.3 is 11.4 Å². The molecule has 1 aromatic carbocycles. The predicted molar refractivity (Wildman–Crippen MR) is 86.5 cm³/mol. The van der Waals surface area contributed by atoms with Crippen LogP contribution < -0.4 is 16.7 Å². The van der Waals surface area contributed by atoms with E-state index in [1.807, 2.05) is 19.1 Å². The molecule has 0 spiro atoms. The van der Waals surface area contributed by atoms with Crippen LogP contribution in [0.3, 0.4) is 0 Å². The second kappa shape index (κ2) is 6.45. The summed E-state index contributed by atoms with van der Waals surface area (Å²) in [6, 6.07) is 10.1. The number of carbonyl (C=O) groups excluding carboxylic acids is 1. The number of aromatic amines is 2. The van der Waals surface area contributed by atoms with Gasteiger partial charge in [-0.25, -0.2) is 19.4 Å². The number of aryl methyl sites for hydroxylation is 1. The van der Waals surface area contributed by atoms with E-state index in [1.165, 1.54) is 0 Å². The quantitative estimate of drug-likeness (QED) is 0.640. The Morgan fingerprint density at radius 3 is 2.50 bits per heavy atom. The molecule has 0 saturated heterocycles. The molecule has 0 radical (unpaired) electrons. The van der Waals surface area contributed by atoms with Crippen molar-refractivity contribution in [2.45, 2.75) is 13.3 Å². The minimum Gasteiger partial charge on any atom is -0.466 e. The maximum Gasteiger partial charge on any atom is 0.349 e. The molecular weight excluding hydrogens is 312 g/mol. The summed E-state index contributed by atoms with van der Waals surface area (Å²) in [5.41, 5.74) is -0.234. The lowest BCUT2D eigenvalue weighted by Crippen LogP contribution is -2.25. The number of carbonyl (C=O) groups is 1. The number of furan rings is 1. The van der Waals surface area contributed by atoms with E-state index in [-0.39, 0.29) is 5.91 Å². The molecule has 2 aromatic heterocycles. The second-order valence-corrected chi connectivity index (χ2v) is 5.27. The summed E-state index contributed by atoms with van der Waals surface area (Å²) >= 11 is 0. The van der Waals surface area contributed by atoms with E-state index in [1.54, 1.807) is 24.3 Å². The standard InChI is InChI=1S/C16H16N4O4/c1-10-2-7-13(24-10)8-9-17-14(21)11-3-5-12(6-4-11)20-16(23)18-15(22)19-20/h2-7H,8-9H2,1H3,(H,17,21)(H2,18,19,22,23). The van der Waals surface area contributed by atoms with Crippen LogP contribution in [-0.2, 0) is 6.42 Å². The number of aromatic nitrogens is 3. The summed E-state index contributed by atoms with van der Waals surface area (Å²) in [5, 5.41) is 5.15. The normalized spacial score (nSPS) is 10.7. The van der Waals surface area contributed by atoms with Gasteiger partial charge in [0.2, 0.25) is 0 Å². The van der Waals surface area contributed by atoms with Crippen molar-refractivity contribution in [2.75, 3.05) is 6.54 Å². The molecule has 1 amide bonds. The topological polar surface area (TPSA) is 113 Å². The third kappa shape index (κ3) is 3.37. The summed E-state index contributed by atoms with van der Waals surface area (Å²) < 4.78 is 6.51. The molecule has 0 bridgehead atoms. The van der Waals surface area contributed by atoms with Crippen molar-refractivity contribution in [3.8, 4) is 5.69 Å². The van der Waals surface area contributed by atoms with Crippen LogP contribution in [0.2, 0.25) is 0 Å². The van der Waals surface area contributed by atoms with Gasteiger partial charge in [-0.2, -0.15) is 0 Å². The molecule has 3 aromatic rings. The van der Waals surface area contributed by atoms with Crippen LogP contribution >= 0.6 is 0 Å². The minimum absolute atomic E-state index is 0.222. The van der Waals surface area contributed by atoms with Crippen molar-refractivity contribution in [1.82, 2.24) is 20.1 Å². The molecule has 0 saturated carbocycles. The molecular formula is C16H16N4O4. The first-order chi connectivity index (χ1) is 11.5.